The molecule has 0 amide bonds. The van der Waals surface area contributed by atoms with Gasteiger partial charge >= 0.3 is 0 Å². The summed E-state index contributed by atoms with van der Waals surface area (Å²) in [6.07, 6.45) is 0. The molecule has 0 unspecified atom stereocenters. The minimum Gasteiger partial charge on any atom is -0.497 e. The number of carbonyl (C=O) groups excluding carboxylic acids is 2. The molecule has 2 aliphatic rings. The lowest BCUT2D eigenvalue weighted by atomic mass is 9.96. The number of para-hydroxylation sites is 2. The van der Waals surface area contributed by atoms with E-state index in [4.69, 9.17) is 43.0 Å². The van der Waals surface area contributed by atoms with E-state index < -0.39 is 20.0 Å². The first-order chi connectivity index (χ1) is 50.5. The Labute approximate surface area is 600 Å². The molecule has 0 radical (unpaired) electrons. The summed E-state index contributed by atoms with van der Waals surface area (Å²) in [4.78, 5) is 26.8. The smallest absolute Gasteiger partial charge is 0.244 e. The van der Waals surface area contributed by atoms with E-state index in [0.29, 0.717) is 79.4 Å². The second-order valence-corrected chi connectivity index (χ2v) is 27.9. The zero-order valence-electron chi connectivity index (χ0n) is 57.4. The van der Waals surface area contributed by atoms with Crippen molar-refractivity contribution < 1.29 is 64.3 Å². The summed E-state index contributed by atoms with van der Waals surface area (Å²) in [5, 5.41) is 26.1. The maximum atomic E-state index is 15.2. The molecule has 0 bridgehead atoms. The number of sulfonamides is 2. The van der Waals surface area contributed by atoms with Crippen molar-refractivity contribution in [1.29, 1.82) is 0 Å². The molecule has 0 atom stereocenters. The highest BCUT2D eigenvalue weighted by Gasteiger charge is 2.36. The van der Waals surface area contributed by atoms with Gasteiger partial charge in [0.15, 0.2) is 19.0 Å². The molecule has 10 aromatic carbocycles. The van der Waals surface area contributed by atoms with Crippen molar-refractivity contribution in [2.45, 2.75) is 49.1 Å². The van der Waals surface area contributed by atoms with Crippen LogP contribution in [0.5, 0.6) is 46.0 Å². The third kappa shape index (κ3) is 15.1. The van der Waals surface area contributed by atoms with Crippen LogP contribution < -0.4 is 37.9 Å². The summed E-state index contributed by atoms with van der Waals surface area (Å²) in [5.74, 6) is 4.79. The summed E-state index contributed by atoms with van der Waals surface area (Å²) in [6, 6.07) is 64.5. The Morgan fingerprint density at radius 3 is 1.09 bits per heavy atom. The topological polar surface area (TPSA) is 270 Å². The number of carbonyl (C=O) groups is 2. The van der Waals surface area contributed by atoms with Gasteiger partial charge in [0, 0.05) is 42.9 Å². The van der Waals surface area contributed by atoms with E-state index in [0.717, 1.165) is 33.4 Å². The van der Waals surface area contributed by atoms with Gasteiger partial charge in [0.25, 0.3) is 0 Å². The van der Waals surface area contributed by atoms with Crippen LogP contribution in [0, 0.1) is 0 Å². The van der Waals surface area contributed by atoms with Gasteiger partial charge in [-0.15, -0.1) is 15.3 Å². The second-order valence-electron chi connectivity index (χ2n) is 24.1. The number of nitrogens with zero attached hydrogens (tertiary/aromatic N) is 10. The van der Waals surface area contributed by atoms with Gasteiger partial charge in [-0.05, 0) is 157 Å². The van der Waals surface area contributed by atoms with Gasteiger partial charge in [-0.25, -0.2) is 21.5 Å². The van der Waals surface area contributed by atoms with E-state index in [9.17, 15) is 9.59 Å². The lowest BCUT2D eigenvalue weighted by Crippen LogP contribution is -2.31. The third-order valence-electron chi connectivity index (χ3n) is 17.7. The van der Waals surface area contributed by atoms with Crippen LogP contribution in [0.3, 0.4) is 0 Å². The van der Waals surface area contributed by atoms with Gasteiger partial charge in [0.1, 0.15) is 46.0 Å². The molecule has 24 nitrogen and oxygen atoms in total. The number of fused-ring (bicyclic) bond motifs is 2. The number of ketones is 2. The Morgan fingerprint density at radius 1 is 0.375 bits per heavy atom. The summed E-state index contributed by atoms with van der Waals surface area (Å²) in [5.41, 5.74) is 8.20. The van der Waals surface area contributed by atoms with Crippen molar-refractivity contribution in [1.82, 2.24) is 49.0 Å². The SMILES string of the molecule is COc1ccc(CN(Cc2ccc(OC)cc2)S(=O)(=O)c2cccc(-c3cccc4c3OCC4=O)c2-c2nnn(Cc3ccc(OC)cc3)n2)cc1.COc1ccc(CN(Cc2ccc(OC)cc2)S(=O)(=O)c2cccc(-c3cccc4c3OCC4=O)c2-c2nnnn2Cc2ccc(OC)cc2)cc1. The predicted octanol–water partition coefficient (Wildman–Crippen LogP) is 12.1. The Kier molecular flexibility index (Phi) is 21.0. The van der Waals surface area contributed by atoms with Gasteiger partial charge in [-0.2, -0.15) is 13.4 Å². The van der Waals surface area contributed by atoms with Crippen molar-refractivity contribution in [3.05, 3.63) is 263 Å². The van der Waals surface area contributed by atoms with Crippen LogP contribution >= 0.6 is 0 Å². The third-order valence-corrected chi connectivity index (χ3v) is 21.3. The van der Waals surface area contributed by atoms with Crippen LogP contribution in [-0.2, 0) is 59.3 Å². The van der Waals surface area contributed by atoms with Gasteiger partial charge < -0.3 is 37.9 Å². The Balaban J connectivity index is 0.000000185. The minimum atomic E-state index is -4.30. The second kappa shape index (κ2) is 31.0. The molecule has 0 fully saturated rings. The Hall–Kier alpha value is -12.1. The Bertz CT molecular complexity index is 5220. The molecule has 0 spiro atoms. The van der Waals surface area contributed by atoms with E-state index in [1.165, 1.54) is 13.4 Å². The number of Topliss-reactive ketones (excluding diaryl/α,β-unsaturated/α-hetero) is 2. The zero-order valence-corrected chi connectivity index (χ0v) is 59.1. The molecule has 26 heteroatoms. The zero-order chi connectivity index (χ0) is 72.5. The molecular formula is C78H70N10O14S2. The van der Waals surface area contributed by atoms with Gasteiger partial charge in [0.05, 0.1) is 82.2 Å². The van der Waals surface area contributed by atoms with Crippen LogP contribution in [0.1, 0.15) is 54.1 Å². The number of tetrazole rings is 2. The summed E-state index contributed by atoms with van der Waals surface area (Å²) in [7, 11) is 0.916. The van der Waals surface area contributed by atoms with Gasteiger partial charge in [-0.3, -0.25) is 9.59 Å². The molecule has 2 aliphatic heterocycles. The van der Waals surface area contributed by atoms with Crippen LogP contribution in [0.15, 0.2) is 228 Å². The van der Waals surface area contributed by atoms with E-state index in [1.807, 2.05) is 97.1 Å². The van der Waals surface area contributed by atoms with Crippen molar-refractivity contribution in [3.63, 3.8) is 0 Å². The molecule has 12 aromatic rings. The molecule has 104 heavy (non-hydrogen) atoms. The first kappa shape index (κ1) is 70.3. The van der Waals surface area contributed by atoms with Crippen molar-refractivity contribution in [2.24, 2.45) is 0 Å². The van der Waals surface area contributed by atoms with E-state index in [2.05, 4.69) is 25.8 Å². The highest BCUT2D eigenvalue weighted by Crippen LogP contribution is 2.46. The summed E-state index contributed by atoms with van der Waals surface area (Å²) in [6.45, 7) is 0.522. The fraction of sp³-hybridized carbons (Fsp3) is 0.179. The molecule has 0 saturated heterocycles. The lowest BCUT2D eigenvalue weighted by Gasteiger charge is -2.25. The molecule has 0 aliphatic carbocycles. The number of ether oxygens (including phenoxy) is 8. The van der Waals surface area contributed by atoms with Crippen molar-refractivity contribution in [2.75, 3.05) is 55.9 Å². The average molecular weight is 1440 g/mol. The molecule has 2 aromatic heterocycles. The number of aromatic nitrogens is 8. The Morgan fingerprint density at radius 2 is 0.702 bits per heavy atom. The minimum absolute atomic E-state index is 0.0141. The molecule has 528 valence electrons. The summed E-state index contributed by atoms with van der Waals surface area (Å²) < 4.78 is 109. The molecule has 14 rings (SSSR count). The largest absolute Gasteiger partial charge is 0.497 e. The fourth-order valence-corrected chi connectivity index (χ4v) is 15.5. The fourth-order valence-electron chi connectivity index (χ4n) is 12.2. The molecule has 4 heterocycles. The number of rotatable bonds is 26. The predicted molar refractivity (Wildman–Crippen MR) is 386 cm³/mol. The number of benzene rings is 10. The monoisotopic (exact) mass is 1430 g/mol. The van der Waals surface area contributed by atoms with Crippen molar-refractivity contribution >= 4 is 31.6 Å². The molecular weight excluding hydrogens is 1370 g/mol. The van der Waals surface area contributed by atoms with Crippen LogP contribution in [0.2, 0.25) is 0 Å². The molecule has 0 N–H and O–H groups in total. The van der Waals surface area contributed by atoms with E-state index >= 15 is 16.8 Å². The maximum absolute atomic E-state index is 15.2. The number of hydrogen-bond donors (Lipinski definition) is 0. The lowest BCUT2D eigenvalue weighted by molar-refractivity contribution is 0.0954. The summed E-state index contributed by atoms with van der Waals surface area (Å²) >= 11 is 0. The normalized spacial score (nSPS) is 12.4. The highest BCUT2D eigenvalue weighted by molar-refractivity contribution is 7.89. The van der Waals surface area contributed by atoms with E-state index in [-0.39, 0.29) is 96.6 Å². The highest BCUT2D eigenvalue weighted by atomic mass is 32.2. The first-order valence-electron chi connectivity index (χ1n) is 32.7. The van der Waals surface area contributed by atoms with Crippen LogP contribution in [0.4, 0.5) is 0 Å². The molecule has 0 saturated carbocycles. The van der Waals surface area contributed by atoms with Crippen molar-refractivity contribution in [3.8, 4) is 91.0 Å². The quantitative estimate of drug-likeness (QED) is 0.0487. The van der Waals surface area contributed by atoms with Crippen LogP contribution in [-0.4, -0.2) is 133 Å². The standard InChI is InChI=1S/2C39H35N5O7S/c1-48-29-16-10-26(11-17-29)22-43(23-27-12-18-30(49-2)19-13-27)52(46,47)36-9-5-6-32(33-7-4-8-34-35(45)25-51-38(33)34)37(36)39-40-41-42-44(39)24-28-14-20-31(50-3)21-15-28;1-48-29-16-10-26(11-17-29)22-43(23-27-12-18-30(49-2)19-13-27)52(46,47)36-9-5-6-32(33-7-4-8-34-35(45)25-51-38(33)34)37(36)39-40-42-44(41-39)24-28-14-20-31(50-3)21-15-28/h2*4-21H,22-25H2,1-3H3. The first-order valence-corrected chi connectivity index (χ1v) is 35.6. The van der Waals surface area contributed by atoms with E-state index in [1.54, 1.807) is 169 Å². The average Bonchev–Trinajstić information content (AvgIpc) is 1.32. The van der Waals surface area contributed by atoms with Gasteiger partial charge in [-0.1, -0.05) is 121 Å². The maximum Gasteiger partial charge on any atom is 0.244 e. The number of hydrogen-bond acceptors (Lipinski definition) is 20. The van der Waals surface area contributed by atoms with Gasteiger partial charge in [0.2, 0.25) is 37.4 Å². The number of methoxy groups -OCH3 is 6. The van der Waals surface area contributed by atoms with Crippen LogP contribution in [0.25, 0.3) is 45.0 Å².